The van der Waals surface area contributed by atoms with Gasteiger partial charge in [-0.1, -0.05) is 13.0 Å². The highest BCUT2D eigenvalue weighted by Gasteiger charge is 2.37. The van der Waals surface area contributed by atoms with E-state index in [9.17, 15) is 13.6 Å². The lowest BCUT2D eigenvalue weighted by atomic mass is 10.0. The molecular formula is C29H37F2N7O. The van der Waals surface area contributed by atoms with Crippen LogP contribution in [0.3, 0.4) is 0 Å². The van der Waals surface area contributed by atoms with Gasteiger partial charge in [0.05, 0.1) is 11.6 Å². The van der Waals surface area contributed by atoms with Gasteiger partial charge in [0.1, 0.15) is 5.82 Å². The van der Waals surface area contributed by atoms with E-state index in [2.05, 4.69) is 39.3 Å². The van der Waals surface area contributed by atoms with Gasteiger partial charge in [0.2, 0.25) is 5.95 Å². The lowest BCUT2D eigenvalue weighted by Gasteiger charge is -2.37. The van der Waals surface area contributed by atoms with Crippen molar-refractivity contribution in [3.8, 4) is 0 Å². The first kappa shape index (κ1) is 27.2. The second kappa shape index (κ2) is 11.8. The first-order valence-electron chi connectivity index (χ1n) is 14.0. The number of aromatic nitrogens is 3. The maximum absolute atomic E-state index is 13.9. The van der Waals surface area contributed by atoms with E-state index in [1.165, 1.54) is 0 Å². The predicted molar refractivity (Wildman–Crippen MR) is 149 cm³/mol. The average Bonchev–Trinajstić information content (AvgIpc) is 3.76. The molecule has 1 saturated carbocycles. The zero-order valence-electron chi connectivity index (χ0n) is 22.7. The van der Waals surface area contributed by atoms with Crippen molar-refractivity contribution >= 4 is 28.6 Å². The molecule has 1 aliphatic heterocycles. The number of rotatable bonds is 11. The van der Waals surface area contributed by atoms with Crippen molar-refractivity contribution in [3.63, 3.8) is 0 Å². The Morgan fingerprint density at radius 1 is 1.13 bits per heavy atom. The van der Waals surface area contributed by atoms with Gasteiger partial charge in [0.25, 0.3) is 11.8 Å². The van der Waals surface area contributed by atoms with E-state index in [0.717, 1.165) is 54.6 Å². The smallest absolute Gasteiger partial charge is 0.252 e. The summed E-state index contributed by atoms with van der Waals surface area (Å²) in [5.41, 5.74) is 2.09. The Hall–Kier alpha value is -3.40. The fourth-order valence-electron chi connectivity index (χ4n) is 5.12. The van der Waals surface area contributed by atoms with E-state index >= 15 is 0 Å². The number of fused-ring (bicyclic) bond motifs is 1. The van der Waals surface area contributed by atoms with E-state index in [1.807, 2.05) is 29.2 Å². The molecule has 2 fully saturated rings. The summed E-state index contributed by atoms with van der Waals surface area (Å²) in [5.74, 6) is -1.42. The minimum absolute atomic E-state index is 0.205. The molecule has 3 aromatic rings. The standard InChI is InChI=1S/C29H37F2N7O/c1-3-14-37(4-2)26-11-10-22-23(6-5-7-24(22)36-26)27(39)32-19-25(38-15-12-29(30,31)13-16-38)20-17-33-28(34-18-20)35-21-8-9-21/h5-7,10-11,17-18,21,25H,3-4,8-9,12-16,19H2,1-2H3,(H,32,39)(H,33,34,35). The van der Waals surface area contributed by atoms with Crippen LogP contribution in [-0.4, -0.2) is 70.4 Å². The maximum atomic E-state index is 13.9. The molecule has 0 bridgehead atoms. The van der Waals surface area contributed by atoms with Gasteiger partial charge in [-0.3, -0.25) is 9.69 Å². The molecule has 10 heteroatoms. The number of amides is 1. The predicted octanol–water partition coefficient (Wildman–Crippen LogP) is 5.04. The molecule has 5 rings (SSSR count). The number of alkyl halides is 2. The van der Waals surface area contributed by atoms with Gasteiger partial charge in [-0.2, -0.15) is 0 Å². The van der Waals surface area contributed by atoms with Crippen LogP contribution in [0.1, 0.15) is 67.9 Å². The van der Waals surface area contributed by atoms with Gasteiger partial charge in [0.15, 0.2) is 0 Å². The Balaban J connectivity index is 1.33. The van der Waals surface area contributed by atoms with Crippen LogP contribution in [-0.2, 0) is 0 Å². The van der Waals surface area contributed by atoms with Crippen LogP contribution in [0.15, 0.2) is 42.7 Å². The Morgan fingerprint density at radius 3 is 2.54 bits per heavy atom. The first-order chi connectivity index (χ1) is 18.9. The molecule has 2 aromatic heterocycles. The highest BCUT2D eigenvalue weighted by atomic mass is 19.3. The molecule has 2 aliphatic rings. The first-order valence-corrected chi connectivity index (χ1v) is 14.0. The normalized spacial score (nSPS) is 18.1. The summed E-state index contributed by atoms with van der Waals surface area (Å²) in [5, 5.41) is 7.10. The van der Waals surface area contributed by atoms with Gasteiger partial charge in [0, 0.05) is 80.5 Å². The Bertz CT molecular complexity index is 1270. The number of nitrogens with zero attached hydrogens (tertiary/aromatic N) is 5. The third kappa shape index (κ3) is 6.61. The van der Waals surface area contributed by atoms with E-state index in [1.54, 1.807) is 18.5 Å². The molecule has 1 aliphatic carbocycles. The van der Waals surface area contributed by atoms with Crippen LogP contribution >= 0.6 is 0 Å². The zero-order valence-corrected chi connectivity index (χ0v) is 22.7. The second-order valence-corrected chi connectivity index (χ2v) is 10.5. The van der Waals surface area contributed by atoms with Crippen molar-refractivity contribution in [2.75, 3.05) is 42.9 Å². The molecule has 2 N–H and O–H groups in total. The van der Waals surface area contributed by atoms with Crippen molar-refractivity contribution in [2.45, 2.75) is 64.0 Å². The number of benzene rings is 1. The minimum atomic E-state index is -2.65. The van der Waals surface area contributed by atoms with Gasteiger partial charge < -0.3 is 15.5 Å². The molecule has 0 radical (unpaired) electrons. The molecule has 8 nitrogen and oxygen atoms in total. The highest BCUT2D eigenvalue weighted by Crippen LogP contribution is 2.32. The van der Waals surface area contributed by atoms with Crippen LogP contribution in [0.4, 0.5) is 20.5 Å². The van der Waals surface area contributed by atoms with E-state index in [0.29, 0.717) is 17.6 Å². The minimum Gasteiger partial charge on any atom is -0.357 e. The van der Waals surface area contributed by atoms with E-state index in [4.69, 9.17) is 4.98 Å². The lowest BCUT2D eigenvalue weighted by molar-refractivity contribution is -0.0632. The number of anilines is 2. The number of hydrogen-bond donors (Lipinski definition) is 2. The summed E-state index contributed by atoms with van der Waals surface area (Å²) in [6.07, 6.45) is 6.32. The average molecular weight is 538 g/mol. The number of pyridine rings is 1. The molecule has 1 saturated heterocycles. The van der Waals surface area contributed by atoms with Crippen LogP contribution in [0.5, 0.6) is 0 Å². The van der Waals surface area contributed by atoms with E-state index < -0.39 is 5.92 Å². The van der Waals surface area contributed by atoms with Crippen LogP contribution in [0.2, 0.25) is 0 Å². The van der Waals surface area contributed by atoms with E-state index in [-0.39, 0.29) is 44.4 Å². The van der Waals surface area contributed by atoms with Crippen LogP contribution < -0.4 is 15.5 Å². The Kier molecular flexibility index (Phi) is 8.20. The largest absolute Gasteiger partial charge is 0.357 e. The maximum Gasteiger partial charge on any atom is 0.252 e. The number of carbonyl (C=O) groups is 1. The summed E-state index contributed by atoms with van der Waals surface area (Å²) in [6, 6.07) is 9.58. The number of hydrogen-bond acceptors (Lipinski definition) is 7. The number of halogens is 2. The number of nitrogens with one attached hydrogen (secondary N) is 2. The summed E-state index contributed by atoms with van der Waals surface area (Å²) in [7, 11) is 0. The summed E-state index contributed by atoms with van der Waals surface area (Å²) in [4.78, 5) is 31.3. The van der Waals surface area contributed by atoms with Crippen LogP contribution in [0, 0.1) is 0 Å². The topological polar surface area (TPSA) is 86.3 Å². The molecule has 208 valence electrons. The zero-order chi connectivity index (χ0) is 27.4. The molecule has 1 atom stereocenters. The van der Waals surface area contributed by atoms with Gasteiger partial charge in [-0.05, 0) is 50.5 Å². The Labute approximate surface area is 228 Å². The van der Waals surface area contributed by atoms with Crippen molar-refractivity contribution in [1.29, 1.82) is 0 Å². The van der Waals surface area contributed by atoms with Crippen molar-refractivity contribution < 1.29 is 13.6 Å². The SMILES string of the molecule is CCCN(CC)c1ccc2c(C(=O)NCC(c3cnc(NC4CC4)nc3)N3CCC(F)(F)CC3)cccc2n1. The van der Waals surface area contributed by atoms with Crippen molar-refractivity contribution in [1.82, 2.24) is 25.2 Å². The highest BCUT2D eigenvalue weighted by molar-refractivity contribution is 6.06. The quantitative estimate of drug-likeness (QED) is 0.355. The van der Waals surface area contributed by atoms with Crippen LogP contribution in [0.25, 0.3) is 10.9 Å². The van der Waals surface area contributed by atoms with Crippen molar-refractivity contribution in [2.24, 2.45) is 0 Å². The lowest BCUT2D eigenvalue weighted by Crippen LogP contribution is -2.45. The summed E-state index contributed by atoms with van der Waals surface area (Å²) >= 11 is 0. The second-order valence-electron chi connectivity index (χ2n) is 10.5. The molecule has 1 unspecified atom stereocenters. The molecule has 1 aromatic carbocycles. The molecule has 3 heterocycles. The molecular weight excluding hydrogens is 500 g/mol. The monoisotopic (exact) mass is 537 g/mol. The molecule has 39 heavy (non-hydrogen) atoms. The number of likely N-dealkylation sites (tertiary alicyclic amines) is 1. The number of piperidine rings is 1. The van der Waals surface area contributed by atoms with Gasteiger partial charge in [-0.15, -0.1) is 0 Å². The third-order valence-electron chi connectivity index (χ3n) is 7.55. The molecule has 0 spiro atoms. The van der Waals surface area contributed by atoms with Crippen molar-refractivity contribution in [3.05, 3.63) is 53.9 Å². The Morgan fingerprint density at radius 2 is 1.87 bits per heavy atom. The summed E-state index contributed by atoms with van der Waals surface area (Å²) < 4.78 is 27.8. The molecule has 1 amide bonds. The number of carbonyl (C=O) groups excluding carboxylic acids is 1. The van der Waals surface area contributed by atoms with Gasteiger partial charge in [-0.25, -0.2) is 23.7 Å². The van der Waals surface area contributed by atoms with Gasteiger partial charge >= 0.3 is 0 Å². The fourth-order valence-corrected chi connectivity index (χ4v) is 5.12. The summed E-state index contributed by atoms with van der Waals surface area (Å²) in [6.45, 7) is 6.75. The third-order valence-corrected chi connectivity index (χ3v) is 7.55. The fraction of sp³-hybridized carbons (Fsp3) is 0.517.